The molecule has 2 aromatic carbocycles. The van der Waals surface area contributed by atoms with Gasteiger partial charge in [-0.2, -0.15) is 0 Å². The third-order valence-electron chi connectivity index (χ3n) is 8.33. The monoisotopic (exact) mass is 548 g/mol. The Balaban J connectivity index is 1.51. The molecule has 0 spiro atoms. The molecule has 1 atom stereocenters. The average Bonchev–Trinajstić information content (AvgIpc) is 3.00. The maximum Gasteiger partial charge on any atom is 0.338 e. The van der Waals surface area contributed by atoms with Crippen molar-refractivity contribution in [3.8, 4) is 0 Å². The van der Waals surface area contributed by atoms with Crippen LogP contribution in [0.4, 0.5) is 0 Å². The summed E-state index contributed by atoms with van der Waals surface area (Å²) in [7, 11) is 0. The summed E-state index contributed by atoms with van der Waals surface area (Å²) < 4.78 is 11.7. The van der Waals surface area contributed by atoms with Gasteiger partial charge in [0.2, 0.25) is 0 Å². The van der Waals surface area contributed by atoms with E-state index in [-0.39, 0.29) is 24.5 Å². The van der Waals surface area contributed by atoms with Crippen LogP contribution in [0, 0.1) is 5.92 Å². The van der Waals surface area contributed by atoms with Gasteiger partial charge in [0.05, 0.1) is 11.1 Å². The summed E-state index contributed by atoms with van der Waals surface area (Å²) in [5.41, 5.74) is 3.62. The van der Waals surface area contributed by atoms with Crippen molar-refractivity contribution in [2.45, 2.75) is 129 Å². The van der Waals surface area contributed by atoms with E-state index in [9.17, 15) is 9.59 Å². The minimum atomic E-state index is -0.419. The second kappa shape index (κ2) is 18.7. The quantitative estimate of drug-likeness (QED) is 0.137. The van der Waals surface area contributed by atoms with E-state index in [1.54, 1.807) is 0 Å². The molecule has 0 N–H and O–H groups in total. The van der Waals surface area contributed by atoms with E-state index in [2.05, 4.69) is 13.8 Å². The van der Waals surface area contributed by atoms with E-state index >= 15 is 0 Å². The maximum absolute atomic E-state index is 13.1. The highest BCUT2D eigenvalue weighted by Gasteiger charge is 2.29. The zero-order chi connectivity index (χ0) is 28.4. The smallest absolute Gasteiger partial charge is 0.338 e. The van der Waals surface area contributed by atoms with Crippen molar-refractivity contribution in [3.05, 3.63) is 70.8 Å². The highest BCUT2D eigenvalue weighted by Crippen LogP contribution is 2.29. The molecule has 0 saturated heterocycles. The van der Waals surface area contributed by atoms with Crippen molar-refractivity contribution in [2.24, 2.45) is 5.92 Å². The Morgan fingerprint density at radius 2 is 1.12 bits per heavy atom. The number of aryl methyl sites for hydroxylation is 2. The molecule has 2 aromatic rings. The van der Waals surface area contributed by atoms with Crippen molar-refractivity contribution < 1.29 is 19.1 Å². The van der Waals surface area contributed by atoms with E-state index in [4.69, 9.17) is 9.47 Å². The van der Waals surface area contributed by atoms with Crippen LogP contribution in [0.5, 0.6) is 0 Å². The van der Waals surface area contributed by atoms with Crippen LogP contribution >= 0.6 is 0 Å². The first kappa shape index (κ1) is 31.9. The number of esters is 2. The second-order valence-electron chi connectivity index (χ2n) is 11.7. The third-order valence-corrected chi connectivity index (χ3v) is 8.33. The van der Waals surface area contributed by atoms with E-state index < -0.39 is 6.10 Å². The first-order valence-electron chi connectivity index (χ1n) is 16.2. The van der Waals surface area contributed by atoms with Crippen LogP contribution in [0.15, 0.2) is 48.5 Å². The number of hydrogen-bond donors (Lipinski definition) is 0. The summed E-state index contributed by atoms with van der Waals surface area (Å²) in [5.74, 6) is -0.456. The average molecular weight is 549 g/mol. The van der Waals surface area contributed by atoms with Gasteiger partial charge < -0.3 is 9.47 Å². The summed E-state index contributed by atoms with van der Waals surface area (Å²) in [6, 6.07) is 15.6. The fourth-order valence-corrected chi connectivity index (χ4v) is 5.70. The molecule has 4 nitrogen and oxygen atoms in total. The van der Waals surface area contributed by atoms with E-state index in [0.29, 0.717) is 11.1 Å². The van der Waals surface area contributed by atoms with Gasteiger partial charge in [-0.3, -0.25) is 0 Å². The van der Waals surface area contributed by atoms with E-state index in [1.807, 2.05) is 48.5 Å². The lowest BCUT2D eigenvalue weighted by atomic mass is 9.85. The van der Waals surface area contributed by atoms with Crippen molar-refractivity contribution >= 4 is 11.9 Å². The molecule has 0 radical (unpaired) electrons. The number of rotatable bonds is 18. The third kappa shape index (κ3) is 11.5. The predicted octanol–water partition coefficient (Wildman–Crippen LogP) is 9.68. The molecule has 0 aromatic heterocycles. The number of benzene rings is 2. The van der Waals surface area contributed by atoms with Gasteiger partial charge in [0.15, 0.2) is 0 Å². The van der Waals surface area contributed by atoms with Gasteiger partial charge in [-0.15, -0.1) is 0 Å². The van der Waals surface area contributed by atoms with Crippen molar-refractivity contribution in [1.82, 2.24) is 0 Å². The van der Waals surface area contributed by atoms with Gasteiger partial charge in [-0.25, -0.2) is 9.59 Å². The molecule has 4 heteroatoms. The zero-order valence-electron chi connectivity index (χ0n) is 25.1. The summed E-state index contributed by atoms with van der Waals surface area (Å²) >= 11 is 0. The summed E-state index contributed by atoms with van der Waals surface area (Å²) in [6.07, 6.45) is 19.7. The molecular weight excluding hydrogens is 496 g/mol. The van der Waals surface area contributed by atoms with Gasteiger partial charge in [0.25, 0.3) is 0 Å². The molecule has 1 aliphatic rings. The Bertz CT molecular complexity index is 973. The normalized spacial score (nSPS) is 14.6. The standard InChI is InChI=1S/C36H52O4/c1-3-5-7-9-12-16-29-20-24-32(25-21-29)35(37)39-28-34(31-18-14-11-15-19-31)40-36(38)33-26-22-30(23-27-33)17-13-10-8-6-4-2/h20-27,31,34H,3-19,28H2,1-2H3. The SMILES string of the molecule is CCCCCCCc1ccc(C(=O)OCC(OC(=O)c2ccc(CCCCCCC)cc2)C2CCCCC2)cc1. The lowest BCUT2D eigenvalue weighted by Crippen LogP contribution is -2.33. The fraction of sp³-hybridized carbons (Fsp3) is 0.611. The fourth-order valence-electron chi connectivity index (χ4n) is 5.70. The highest BCUT2D eigenvalue weighted by molar-refractivity contribution is 5.90. The summed E-state index contributed by atoms with van der Waals surface area (Å²) in [4.78, 5) is 25.9. The van der Waals surface area contributed by atoms with Crippen LogP contribution in [-0.4, -0.2) is 24.6 Å². The van der Waals surface area contributed by atoms with E-state index in [1.165, 1.54) is 81.8 Å². The molecule has 0 bridgehead atoms. The van der Waals surface area contributed by atoms with Crippen LogP contribution in [0.2, 0.25) is 0 Å². The van der Waals surface area contributed by atoms with Crippen LogP contribution in [0.3, 0.4) is 0 Å². The molecule has 220 valence electrons. The lowest BCUT2D eigenvalue weighted by molar-refractivity contribution is -0.0247. The Labute approximate surface area is 243 Å². The van der Waals surface area contributed by atoms with Gasteiger partial charge >= 0.3 is 11.9 Å². The number of carbonyl (C=O) groups is 2. The lowest BCUT2D eigenvalue weighted by Gasteiger charge is -2.29. The molecule has 0 heterocycles. The topological polar surface area (TPSA) is 52.6 Å². The minimum absolute atomic E-state index is 0.101. The summed E-state index contributed by atoms with van der Waals surface area (Å²) in [6.45, 7) is 4.56. The first-order valence-corrected chi connectivity index (χ1v) is 16.2. The van der Waals surface area contributed by atoms with Crippen LogP contribution < -0.4 is 0 Å². The predicted molar refractivity (Wildman–Crippen MR) is 164 cm³/mol. The molecule has 1 saturated carbocycles. The molecule has 0 amide bonds. The Hall–Kier alpha value is -2.62. The summed E-state index contributed by atoms with van der Waals surface area (Å²) in [5, 5.41) is 0. The largest absolute Gasteiger partial charge is 0.458 e. The minimum Gasteiger partial charge on any atom is -0.458 e. The second-order valence-corrected chi connectivity index (χ2v) is 11.7. The molecule has 1 aliphatic carbocycles. The van der Waals surface area contributed by atoms with Crippen molar-refractivity contribution in [3.63, 3.8) is 0 Å². The van der Waals surface area contributed by atoms with Gasteiger partial charge in [-0.1, -0.05) is 109 Å². The maximum atomic E-state index is 13.1. The molecule has 1 fully saturated rings. The van der Waals surface area contributed by atoms with Crippen molar-refractivity contribution in [2.75, 3.05) is 6.61 Å². The van der Waals surface area contributed by atoms with Crippen LogP contribution in [0.25, 0.3) is 0 Å². The number of ether oxygens (including phenoxy) is 2. The molecule has 0 aliphatic heterocycles. The Kier molecular flexibility index (Phi) is 14.9. The van der Waals surface area contributed by atoms with Gasteiger partial charge in [-0.05, 0) is 79.8 Å². The Morgan fingerprint density at radius 3 is 1.62 bits per heavy atom. The number of carbonyl (C=O) groups excluding carboxylic acids is 2. The zero-order valence-corrected chi connectivity index (χ0v) is 25.1. The highest BCUT2D eigenvalue weighted by atomic mass is 16.6. The van der Waals surface area contributed by atoms with Gasteiger partial charge in [0.1, 0.15) is 12.7 Å². The van der Waals surface area contributed by atoms with Crippen LogP contribution in [-0.2, 0) is 22.3 Å². The molecule has 3 rings (SSSR count). The molecule has 40 heavy (non-hydrogen) atoms. The molecular formula is C36H52O4. The van der Waals surface area contributed by atoms with E-state index in [0.717, 1.165) is 38.5 Å². The Morgan fingerprint density at radius 1 is 0.650 bits per heavy atom. The first-order chi connectivity index (χ1) is 19.6. The van der Waals surface area contributed by atoms with Gasteiger partial charge in [0, 0.05) is 0 Å². The van der Waals surface area contributed by atoms with Crippen LogP contribution in [0.1, 0.15) is 142 Å². The van der Waals surface area contributed by atoms with Crippen molar-refractivity contribution in [1.29, 1.82) is 0 Å². The molecule has 1 unspecified atom stereocenters. The number of hydrogen-bond acceptors (Lipinski definition) is 4. The number of unbranched alkanes of at least 4 members (excludes halogenated alkanes) is 8.